The first-order chi connectivity index (χ1) is 15.7. The molecule has 4 atom stereocenters. The lowest BCUT2D eigenvalue weighted by atomic mass is 9.91. The molecule has 1 aliphatic heterocycles. The Kier molecular flexibility index (Phi) is 11.8. The van der Waals surface area contributed by atoms with Gasteiger partial charge in [-0.1, -0.05) is 55.6 Å². The van der Waals surface area contributed by atoms with Crippen molar-refractivity contribution in [2.45, 2.75) is 45.4 Å². The third kappa shape index (κ3) is 9.49. The van der Waals surface area contributed by atoms with Crippen LogP contribution in [0.2, 0.25) is 0 Å². The molecule has 1 aliphatic rings. The molecule has 7 nitrogen and oxygen atoms in total. The molecule has 1 fully saturated rings. The van der Waals surface area contributed by atoms with E-state index >= 15 is 0 Å². The molecule has 1 aromatic carbocycles. The van der Waals surface area contributed by atoms with Gasteiger partial charge in [-0.05, 0) is 49.3 Å². The van der Waals surface area contributed by atoms with Crippen molar-refractivity contribution in [1.29, 1.82) is 0 Å². The molecule has 1 saturated heterocycles. The maximum atomic E-state index is 12.6. The Hall–Kier alpha value is -3.77. The predicted octanol–water partition coefficient (Wildman–Crippen LogP) is 2.81. The van der Waals surface area contributed by atoms with E-state index in [0.717, 1.165) is 5.56 Å². The van der Waals surface area contributed by atoms with Gasteiger partial charge < -0.3 is 19.9 Å². The van der Waals surface area contributed by atoms with Gasteiger partial charge in [-0.25, -0.2) is 0 Å². The minimum atomic E-state index is -1.07. The number of carbonyl (C=O) groups excluding carboxylic acids is 3. The Balaban J connectivity index is 0.000000675. The van der Waals surface area contributed by atoms with Crippen molar-refractivity contribution >= 4 is 17.9 Å². The molecule has 1 heterocycles. The van der Waals surface area contributed by atoms with Crippen LogP contribution in [0.5, 0.6) is 0 Å². The van der Waals surface area contributed by atoms with Crippen molar-refractivity contribution in [1.82, 2.24) is 0 Å². The van der Waals surface area contributed by atoms with Gasteiger partial charge in [0.25, 0.3) is 0 Å². The smallest absolute Gasteiger partial charge is 0.326 e. The van der Waals surface area contributed by atoms with Crippen LogP contribution in [0.3, 0.4) is 0 Å². The molecule has 0 aromatic heterocycles. The van der Waals surface area contributed by atoms with Gasteiger partial charge in [0.2, 0.25) is 0 Å². The van der Waals surface area contributed by atoms with Crippen LogP contribution in [-0.2, 0) is 35.0 Å². The van der Waals surface area contributed by atoms with Crippen molar-refractivity contribution in [2.24, 2.45) is 17.6 Å². The fraction of sp³-hybridized carbons (Fsp3) is 0.385. The third-order valence-corrected chi connectivity index (χ3v) is 4.50. The number of esters is 3. The summed E-state index contributed by atoms with van der Waals surface area (Å²) < 4.78 is 16.1. The zero-order valence-electron chi connectivity index (χ0n) is 19.1. The minimum Gasteiger partial charge on any atom is -0.463 e. The Morgan fingerprint density at radius 1 is 1.12 bits per heavy atom. The monoisotopic (exact) mass is 457 g/mol. The highest BCUT2D eigenvalue weighted by Crippen LogP contribution is 2.24. The van der Waals surface area contributed by atoms with Crippen molar-refractivity contribution in [3.63, 3.8) is 0 Å². The van der Waals surface area contributed by atoms with Gasteiger partial charge in [-0.3, -0.25) is 14.4 Å². The van der Waals surface area contributed by atoms with Crippen LogP contribution in [0.25, 0.3) is 0 Å². The lowest BCUT2D eigenvalue weighted by molar-refractivity contribution is -0.176. The molecular formula is C26H29NO6. The van der Waals surface area contributed by atoms with Crippen LogP contribution in [0.15, 0.2) is 72.1 Å². The predicted molar refractivity (Wildman–Crippen MR) is 122 cm³/mol. The fourth-order valence-corrected chi connectivity index (χ4v) is 2.78. The molecule has 0 bridgehead atoms. The van der Waals surface area contributed by atoms with Crippen molar-refractivity contribution in [3.8, 4) is 0 Å². The average Bonchev–Trinajstić information content (AvgIpc) is 2.82. The maximum Gasteiger partial charge on any atom is 0.326 e. The summed E-state index contributed by atoms with van der Waals surface area (Å²) in [5, 5.41) is 0. The Morgan fingerprint density at radius 2 is 1.73 bits per heavy atom. The van der Waals surface area contributed by atoms with Gasteiger partial charge in [0.1, 0.15) is 24.7 Å². The number of benzene rings is 1. The third-order valence-electron chi connectivity index (χ3n) is 4.50. The van der Waals surface area contributed by atoms with Crippen LogP contribution in [-0.4, -0.2) is 42.8 Å². The molecular weight excluding hydrogens is 428 g/mol. The van der Waals surface area contributed by atoms with E-state index in [9.17, 15) is 14.4 Å². The summed E-state index contributed by atoms with van der Waals surface area (Å²) >= 11 is 0. The second-order valence-corrected chi connectivity index (χ2v) is 7.46. The summed E-state index contributed by atoms with van der Waals surface area (Å²) in [5.74, 6) is -2.95. The highest BCUT2D eigenvalue weighted by Gasteiger charge is 2.41. The number of ether oxygens (including phenoxy) is 3. The first kappa shape index (κ1) is 27.3. The van der Waals surface area contributed by atoms with Crippen molar-refractivity contribution in [2.75, 3.05) is 6.61 Å². The fourth-order valence-electron chi connectivity index (χ4n) is 2.78. The zero-order chi connectivity index (χ0) is 24.8. The number of hydrogen-bond donors (Lipinski definition) is 1. The second-order valence-electron chi connectivity index (χ2n) is 7.46. The van der Waals surface area contributed by atoms with E-state index < -0.39 is 42.1 Å². The van der Waals surface area contributed by atoms with E-state index in [1.165, 1.54) is 0 Å². The number of cyclic esters (lactones) is 2. The van der Waals surface area contributed by atoms with Gasteiger partial charge in [0, 0.05) is 0 Å². The second kappa shape index (κ2) is 14.3. The summed E-state index contributed by atoms with van der Waals surface area (Å²) in [4.78, 5) is 36.8. The van der Waals surface area contributed by atoms with E-state index in [2.05, 4.69) is 41.8 Å². The highest BCUT2D eigenvalue weighted by molar-refractivity contribution is 5.79. The van der Waals surface area contributed by atoms with Crippen LogP contribution in [0.4, 0.5) is 0 Å². The largest absolute Gasteiger partial charge is 0.463 e. The number of rotatable bonds is 4. The molecule has 2 N–H and O–H groups in total. The summed E-state index contributed by atoms with van der Waals surface area (Å²) in [5.41, 5.74) is 18.6. The first-order valence-electron chi connectivity index (χ1n) is 10.4. The van der Waals surface area contributed by atoms with Gasteiger partial charge in [-0.15, -0.1) is 0 Å². The van der Waals surface area contributed by atoms with Gasteiger partial charge >= 0.3 is 17.9 Å². The number of nitrogens with two attached hydrogens (primary N) is 1. The van der Waals surface area contributed by atoms with Crippen molar-refractivity contribution in [3.05, 3.63) is 77.7 Å². The summed E-state index contributed by atoms with van der Waals surface area (Å²) in [6.07, 6.45) is -1.52. The first-order valence-corrected chi connectivity index (χ1v) is 10.4. The molecule has 0 radical (unpaired) electrons. The molecule has 33 heavy (non-hydrogen) atoms. The molecule has 0 aliphatic carbocycles. The standard InChI is InChI=1S/C19H25NO6.C7H4/c1-11(2)17(21)26-16-12(3)25-19(23)15(20)10-24-18(22)14(16)9-13-7-5-4-6-8-13;1-3-5-7-6-4-2/h4-8,11-12,14-16H,9-10,20H2,1-3H3;1-2H2/t12-,14+,15-,16-;/m0./s1/i;1+1,3+1,4+1,5+1,6+1,7+1. The molecule has 7 heteroatoms. The normalized spacial score (nSPS) is 22.0. The molecule has 0 unspecified atom stereocenters. The maximum absolute atomic E-state index is 12.6. The van der Waals surface area contributed by atoms with E-state index in [-0.39, 0.29) is 18.9 Å². The average molecular weight is 457 g/mol. The van der Waals surface area contributed by atoms with Crippen LogP contribution in [0, 0.1) is 11.8 Å². The minimum absolute atomic E-state index is 0.277. The Morgan fingerprint density at radius 3 is 2.27 bits per heavy atom. The van der Waals surface area contributed by atoms with Gasteiger partial charge in [0.05, 0.1) is 5.92 Å². The number of carbonyl (C=O) groups is 3. The quantitative estimate of drug-likeness (QED) is 0.321. The van der Waals surface area contributed by atoms with Crippen LogP contribution < -0.4 is 5.73 Å². The van der Waals surface area contributed by atoms with E-state index in [1.807, 2.05) is 30.3 Å². The molecule has 0 spiro atoms. The summed E-state index contributed by atoms with van der Waals surface area (Å²) in [7, 11) is 0. The van der Waals surface area contributed by atoms with Gasteiger partial charge in [0.15, 0.2) is 6.10 Å². The molecule has 0 saturated carbocycles. The van der Waals surface area contributed by atoms with Crippen LogP contribution in [0.1, 0.15) is 26.3 Å². The summed E-state index contributed by atoms with van der Waals surface area (Å²) in [6.45, 7) is 11.2. The molecule has 2 rings (SSSR count). The lowest BCUT2D eigenvalue weighted by Gasteiger charge is -2.29. The van der Waals surface area contributed by atoms with Crippen LogP contribution >= 0.6 is 0 Å². The molecule has 1 aromatic rings. The topological polar surface area (TPSA) is 105 Å². The summed E-state index contributed by atoms with van der Waals surface area (Å²) in [6, 6.07) is 8.23. The number of hydrogen-bond acceptors (Lipinski definition) is 7. The van der Waals surface area contributed by atoms with E-state index in [0.29, 0.717) is 0 Å². The van der Waals surface area contributed by atoms with E-state index in [1.54, 1.807) is 20.8 Å². The van der Waals surface area contributed by atoms with Crippen molar-refractivity contribution < 1.29 is 28.6 Å². The molecule has 0 amide bonds. The Bertz CT molecular complexity index is 978. The zero-order valence-corrected chi connectivity index (χ0v) is 19.1. The van der Waals surface area contributed by atoms with E-state index in [4.69, 9.17) is 19.9 Å². The lowest BCUT2D eigenvalue weighted by Crippen LogP contribution is -2.44. The van der Waals surface area contributed by atoms with Gasteiger partial charge in [-0.2, -0.15) is 0 Å². The SMILES string of the molecule is C=[13C]=[13C]=[13C]=[13C]=[13C]=[13CH2].CC(C)C(=O)O[C@H]1[C@H](C)OC(=O)[C@@H](N)COC(=O)[C@@H]1Cc1ccccc1. The highest BCUT2D eigenvalue weighted by atomic mass is 16.6. The Labute approximate surface area is 194 Å². The molecule has 174 valence electrons.